The van der Waals surface area contributed by atoms with Gasteiger partial charge in [0.15, 0.2) is 0 Å². The predicted molar refractivity (Wildman–Crippen MR) is 115 cm³/mol. The summed E-state index contributed by atoms with van der Waals surface area (Å²) in [5.74, 6) is -0.548. The van der Waals surface area contributed by atoms with Gasteiger partial charge in [-0.1, -0.05) is 42.0 Å². The fourth-order valence-corrected chi connectivity index (χ4v) is 4.31. The number of nitrogens with zero attached hydrogens (tertiary/aromatic N) is 2. The highest BCUT2D eigenvalue weighted by Crippen LogP contribution is 2.31. The van der Waals surface area contributed by atoms with Crippen molar-refractivity contribution in [2.75, 3.05) is 18.0 Å². The summed E-state index contributed by atoms with van der Waals surface area (Å²) in [6.07, 6.45) is 2.43. The van der Waals surface area contributed by atoms with Gasteiger partial charge < -0.3 is 15.1 Å². The lowest BCUT2D eigenvalue weighted by atomic mass is 10.0. The quantitative estimate of drug-likeness (QED) is 0.849. The number of amides is 3. The Morgan fingerprint density at radius 3 is 2.60 bits per heavy atom. The van der Waals surface area contributed by atoms with Crippen molar-refractivity contribution in [3.05, 3.63) is 65.2 Å². The standard InChI is InChI=1S/C24H27N3O3/c1-16-10-12-18(13-11-16)17(2)25-22(28)15-27-20-8-4-3-7-19(20)23(29)26-14-6-5-9-21(26)24(27)30/h3-4,7-8,10-13,17,21H,5-6,9,14-15H2,1-2H3,(H,25,28). The third-order valence-corrected chi connectivity index (χ3v) is 6.00. The van der Waals surface area contributed by atoms with Crippen molar-refractivity contribution in [3.63, 3.8) is 0 Å². The van der Waals surface area contributed by atoms with Gasteiger partial charge in [0.2, 0.25) is 11.8 Å². The molecule has 0 spiro atoms. The van der Waals surface area contributed by atoms with Gasteiger partial charge in [-0.25, -0.2) is 0 Å². The van der Waals surface area contributed by atoms with Crippen LogP contribution in [0.2, 0.25) is 0 Å². The molecule has 0 aromatic heterocycles. The molecule has 2 unspecified atom stereocenters. The minimum atomic E-state index is -0.499. The molecule has 6 heteroatoms. The van der Waals surface area contributed by atoms with Crippen molar-refractivity contribution < 1.29 is 14.4 Å². The number of para-hydroxylation sites is 1. The number of nitrogens with one attached hydrogen (secondary N) is 1. The van der Waals surface area contributed by atoms with Gasteiger partial charge in [0.05, 0.1) is 17.3 Å². The van der Waals surface area contributed by atoms with E-state index in [9.17, 15) is 14.4 Å². The molecular weight excluding hydrogens is 378 g/mol. The second kappa shape index (κ2) is 8.30. The lowest BCUT2D eigenvalue weighted by Gasteiger charge is -2.34. The summed E-state index contributed by atoms with van der Waals surface area (Å²) >= 11 is 0. The summed E-state index contributed by atoms with van der Waals surface area (Å²) in [6, 6.07) is 14.4. The molecule has 2 aromatic carbocycles. The van der Waals surface area contributed by atoms with Gasteiger partial charge in [0.1, 0.15) is 12.6 Å². The lowest BCUT2D eigenvalue weighted by molar-refractivity contribution is -0.127. The topological polar surface area (TPSA) is 69.7 Å². The van der Waals surface area contributed by atoms with Gasteiger partial charge in [0.25, 0.3) is 5.91 Å². The van der Waals surface area contributed by atoms with E-state index in [1.807, 2.05) is 38.1 Å². The maximum absolute atomic E-state index is 13.4. The van der Waals surface area contributed by atoms with Crippen LogP contribution in [0.3, 0.4) is 0 Å². The Hall–Kier alpha value is -3.15. The Balaban J connectivity index is 1.58. The highest BCUT2D eigenvalue weighted by Gasteiger charge is 2.41. The van der Waals surface area contributed by atoms with Crippen LogP contribution < -0.4 is 10.2 Å². The Bertz CT molecular complexity index is 970. The molecule has 156 valence electrons. The zero-order chi connectivity index (χ0) is 21.3. The van der Waals surface area contributed by atoms with Crippen LogP contribution in [0.15, 0.2) is 48.5 Å². The number of aryl methyl sites for hydroxylation is 1. The fraction of sp³-hybridized carbons (Fsp3) is 0.375. The van der Waals surface area contributed by atoms with Crippen molar-refractivity contribution in [2.45, 2.75) is 45.2 Å². The molecular formula is C24H27N3O3. The number of benzene rings is 2. The summed E-state index contributed by atoms with van der Waals surface area (Å²) in [6.45, 7) is 4.41. The zero-order valence-electron chi connectivity index (χ0n) is 17.4. The second-order valence-corrected chi connectivity index (χ2v) is 8.15. The van der Waals surface area contributed by atoms with Crippen molar-refractivity contribution >= 4 is 23.4 Å². The maximum Gasteiger partial charge on any atom is 0.256 e. The van der Waals surface area contributed by atoms with E-state index in [0.29, 0.717) is 24.2 Å². The van der Waals surface area contributed by atoms with E-state index < -0.39 is 6.04 Å². The normalized spacial score (nSPS) is 19.6. The van der Waals surface area contributed by atoms with Crippen LogP contribution >= 0.6 is 0 Å². The maximum atomic E-state index is 13.4. The number of hydrogen-bond acceptors (Lipinski definition) is 3. The Labute approximate surface area is 176 Å². The Morgan fingerprint density at radius 2 is 1.83 bits per heavy atom. The van der Waals surface area contributed by atoms with E-state index in [2.05, 4.69) is 5.32 Å². The molecule has 2 aliphatic heterocycles. The first-order valence-corrected chi connectivity index (χ1v) is 10.5. The van der Waals surface area contributed by atoms with E-state index >= 15 is 0 Å². The first-order chi connectivity index (χ1) is 14.5. The van der Waals surface area contributed by atoms with Gasteiger partial charge in [-0.3, -0.25) is 14.4 Å². The summed E-state index contributed by atoms with van der Waals surface area (Å²) < 4.78 is 0. The summed E-state index contributed by atoms with van der Waals surface area (Å²) in [4.78, 5) is 42.5. The number of fused-ring (bicyclic) bond motifs is 2. The number of piperidine rings is 1. The first-order valence-electron chi connectivity index (χ1n) is 10.5. The van der Waals surface area contributed by atoms with Crippen LogP contribution in [0.1, 0.15) is 53.7 Å². The molecule has 2 aliphatic rings. The third-order valence-electron chi connectivity index (χ3n) is 6.00. The number of carbonyl (C=O) groups excluding carboxylic acids is 3. The molecule has 30 heavy (non-hydrogen) atoms. The van der Waals surface area contributed by atoms with Gasteiger partial charge in [0, 0.05) is 6.54 Å². The van der Waals surface area contributed by atoms with E-state index in [-0.39, 0.29) is 30.3 Å². The Morgan fingerprint density at radius 1 is 1.10 bits per heavy atom. The fourth-order valence-electron chi connectivity index (χ4n) is 4.31. The number of carbonyl (C=O) groups is 3. The monoisotopic (exact) mass is 405 g/mol. The third kappa shape index (κ3) is 3.82. The van der Waals surface area contributed by atoms with Gasteiger partial charge in [-0.05, 0) is 50.8 Å². The number of anilines is 1. The molecule has 0 saturated carbocycles. The molecule has 1 N–H and O–H groups in total. The van der Waals surface area contributed by atoms with Crippen molar-refractivity contribution in [2.24, 2.45) is 0 Å². The highest BCUT2D eigenvalue weighted by molar-refractivity contribution is 6.12. The van der Waals surface area contributed by atoms with Gasteiger partial charge in [-0.2, -0.15) is 0 Å². The molecule has 3 amide bonds. The van der Waals surface area contributed by atoms with Crippen molar-refractivity contribution in [1.29, 1.82) is 0 Å². The number of rotatable bonds is 4. The summed E-state index contributed by atoms with van der Waals surface area (Å²) in [5, 5.41) is 2.99. The molecule has 2 atom stereocenters. The summed E-state index contributed by atoms with van der Waals surface area (Å²) in [7, 11) is 0. The number of hydrogen-bond donors (Lipinski definition) is 1. The average Bonchev–Trinajstić information content (AvgIpc) is 2.84. The average molecular weight is 405 g/mol. The predicted octanol–water partition coefficient (Wildman–Crippen LogP) is 3.21. The van der Waals surface area contributed by atoms with Crippen LogP contribution in [0.5, 0.6) is 0 Å². The van der Waals surface area contributed by atoms with Crippen LogP contribution in [0.4, 0.5) is 5.69 Å². The molecule has 2 aromatic rings. The molecule has 2 heterocycles. The minimum Gasteiger partial charge on any atom is -0.348 e. The molecule has 0 radical (unpaired) electrons. The van der Waals surface area contributed by atoms with Crippen LogP contribution in [-0.2, 0) is 9.59 Å². The minimum absolute atomic E-state index is 0.107. The summed E-state index contributed by atoms with van der Waals surface area (Å²) in [5.41, 5.74) is 3.16. The van der Waals surface area contributed by atoms with Crippen LogP contribution in [-0.4, -0.2) is 41.8 Å². The van der Waals surface area contributed by atoms with Crippen molar-refractivity contribution in [3.8, 4) is 0 Å². The van der Waals surface area contributed by atoms with Crippen LogP contribution in [0.25, 0.3) is 0 Å². The van der Waals surface area contributed by atoms with Gasteiger partial charge in [-0.15, -0.1) is 0 Å². The molecule has 1 fully saturated rings. The van der Waals surface area contributed by atoms with E-state index in [4.69, 9.17) is 0 Å². The first kappa shape index (κ1) is 20.1. The van der Waals surface area contributed by atoms with Crippen LogP contribution in [0, 0.1) is 6.92 Å². The highest BCUT2D eigenvalue weighted by atomic mass is 16.2. The molecule has 6 nitrogen and oxygen atoms in total. The zero-order valence-corrected chi connectivity index (χ0v) is 17.4. The molecule has 0 aliphatic carbocycles. The molecule has 1 saturated heterocycles. The van der Waals surface area contributed by atoms with Gasteiger partial charge >= 0.3 is 0 Å². The lowest BCUT2D eigenvalue weighted by Crippen LogP contribution is -2.52. The van der Waals surface area contributed by atoms with Crippen molar-refractivity contribution in [1.82, 2.24) is 10.2 Å². The second-order valence-electron chi connectivity index (χ2n) is 8.15. The largest absolute Gasteiger partial charge is 0.348 e. The van der Waals surface area contributed by atoms with E-state index in [0.717, 1.165) is 24.0 Å². The molecule has 0 bridgehead atoms. The SMILES string of the molecule is Cc1ccc(C(C)NC(=O)CN2C(=O)C3CCCCN3C(=O)c3ccccc32)cc1. The smallest absolute Gasteiger partial charge is 0.256 e. The Kier molecular flexibility index (Phi) is 5.57. The van der Waals surface area contributed by atoms with E-state index in [1.54, 1.807) is 29.2 Å². The van der Waals surface area contributed by atoms with E-state index in [1.165, 1.54) is 4.90 Å². The molecule has 4 rings (SSSR count).